The van der Waals surface area contributed by atoms with Crippen molar-refractivity contribution >= 4 is 16.0 Å². The molecule has 0 amide bonds. The molecule has 0 spiro atoms. The first-order valence-corrected chi connectivity index (χ1v) is 6.50. The molecule has 5 nitrogen and oxygen atoms in total. The Morgan fingerprint density at radius 3 is 2.47 bits per heavy atom. The highest BCUT2D eigenvalue weighted by Gasteiger charge is 2.44. The quantitative estimate of drug-likeness (QED) is 0.821. The van der Waals surface area contributed by atoms with E-state index in [9.17, 15) is 26.4 Å². The normalized spacial score (nSPS) is 23.6. The van der Waals surface area contributed by atoms with E-state index in [0.29, 0.717) is 4.31 Å². The summed E-state index contributed by atoms with van der Waals surface area (Å²) in [6.45, 7) is -0.735. The van der Waals surface area contributed by atoms with Crippen LogP contribution in [0.4, 0.5) is 13.2 Å². The summed E-state index contributed by atoms with van der Waals surface area (Å²) in [7, 11) is -4.14. The topological polar surface area (TPSA) is 74.7 Å². The van der Waals surface area contributed by atoms with Crippen LogP contribution in [0.1, 0.15) is 12.8 Å². The molecule has 1 aliphatic rings. The molecule has 1 fully saturated rings. The Balaban J connectivity index is 2.76. The molecule has 0 aliphatic carbocycles. The standard InChI is InChI=1S/C8H12F3NO4S/c9-8(10,11)6-2-1-3-12(4-6)17(15,16)5-7(13)14/h6H,1-5H2,(H,13,14). The SMILES string of the molecule is O=C(O)CS(=O)(=O)N1CCCC(C(F)(F)F)C1. The molecule has 0 aromatic rings. The number of nitrogens with zero attached hydrogens (tertiary/aromatic N) is 1. The van der Waals surface area contributed by atoms with E-state index >= 15 is 0 Å². The molecule has 1 rings (SSSR count). The minimum absolute atomic E-state index is 0.0534. The molecule has 0 bridgehead atoms. The summed E-state index contributed by atoms with van der Waals surface area (Å²) >= 11 is 0. The minimum Gasteiger partial charge on any atom is -0.480 e. The molecule has 0 saturated carbocycles. The number of piperidine rings is 1. The predicted octanol–water partition coefficient (Wildman–Crippen LogP) is 0.675. The number of sulfonamides is 1. The molecule has 1 aliphatic heterocycles. The van der Waals surface area contributed by atoms with E-state index in [1.54, 1.807) is 0 Å². The highest BCUT2D eigenvalue weighted by atomic mass is 32.2. The van der Waals surface area contributed by atoms with Gasteiger partial charge in [0.1, 0.15) is 0 Å². The fourth-order valence-electron chi connectivity index (χ4n) is 1.71. The third kappa shape index (κ3) is 3.84. The van der Waals surface area contributed by atoms with Gasteiger partial charge in [0.25, 0.3) is 0 Å². The van der Waals surface area contributed by atoms with Gasteiger partial charge in [0.2, 0.25) is 10.0 Å². The number of rotatable bonds is 3. The van der Waals surface area contributed by atoms with Crippen LogP contribution in [-0.4, -0.2) is 48.8 Å². The van der Waals surface area contributed by atoms with Gasteiger partial charge >= 0.3 is 12.1 Å². The van der Waals surface area contributed by atoms with E-state index in [4.69, 9.17) is 5.11 Å². The molecule has 1 saturated heterocycles. The molecular formula is C8H12F3NO4S. The maximum absolute atomic E-state index is 12.4. The van der Waals surface area contributed by atoms with Gasteiger partial charge in [0.05, 0.1) is 5.92 Å². The first-order valence-electron chi connectivity index (χ1n) is 4.89. The lowest BCUT2D eigenvalue weighted by atomic mass is 9.99. The molecule has 1 heterocycles. The van der Waals surface area contributed by atoms with Crippen molar-refractivity contribution in [2.45, 2.75) is 19.0 Å². The van der Waals surface area contributed by atoms with Gasteiger partial charge in [-0.2, -0.15) is 13.2 Å². The second-order valence-electron chi connectivity index (χ2n) is 3.89. The summed E-state index contributed by atoms with van der Waals surface area (Å²) < 4.78 is 60.8. The van der Waals surface area contributed by atoms with Crippen molar-refractivity contribution in [3.8, 4) is 0 Å². The summed E-state index contributed by atoms with van der Waals surface area (Å²) in [5.41, 5.74) is 0. The number of aliphatic carboxylic acids is 1. The highest BCUT2D eigenvalue weighted by Crippen LogP contribution is 2.33. The molecule has 17 heavy (non-hydrogen) atoms. The Labute approximate surface area is 96.3 Å². The van der Waals surface area contributed by atoms with Crippen LogP contribution in [-0.2, 0) is 14.8 Å². The minimum atomic E-state index is -4.45. The first kappa shape index (κ1) is 14.2. The molecule has 0 aromatic carbocycles. The van der Waals surface area contributed by atoms with Gasteiger partial charge in [0.15, 0.2) is 5.75 Å². The summed E-state index contributed by atoms with van der Waals surface area (Å²) in [5, 5.41) is 8.38. The zero-order valence-electron chi connectivity index (χ0n) is 8.77. The number of carbonyl (C=O) groups is 1. The van der Waals surface area contributed by atoms with Crippen molar-refractivity contribution in [1.29, 1.82) is 0 Å². The summed E-state index contributed by atoms with van der Waals surface area (Å²) in [6.07, 6.45) is -4.48. The van der Waals surface area contributed by atoms with Crippen molar-refractivity contribution < 1.29 is 31.5 Å². The average molecular weight is 275 g/mol. The van der Waals surface area contributed by atoms with Crippen molar-refractivity contribution in [3.63, 3.8) is 0 Å². The fourth-order valence-corrected chi connectivity index (χ4v) is 3.02. The molecule has 1 unspecified atom stereocenters. The van der Waals surface area contributed by atoms with Crippen molar-refractivity contribution in [3.05, 3.63) is 0 Å². The van der Waals surface area contributed by atoms with Crippen LogP contribution in [0.3, 0.4) is 0 Å². The molecule has 0 radical (unpaired) electrons. The lowest BCUT2D eigenvalue weighted by Crippen LogP contribution is -2.46. The zero-order chi connectivity index (χ0) is 13.3. The first-order chi connectivity index (χ1) is 7.63. The Kier molecular flexibility index (Phi) is 4.03. The molecule has 9 heteroatoms. The summed E-state index contributed by atoms with van der Waals surface area (Å²) in [4.78, 5) is 10.3. The third-order valence-corrected chi connectivity index (χ3v) is 4.28. The Hall–Kier alpha value is -0.830. The maximum atomic E-state index is 12.4. The van der Waals surface area contributed by atoms with Crippen LogP contribution in [0.2, 0.25) is 0 Å². The number of carboxylic acid groups (broad SMARTS) is 1. The van der Waals surface area contributed by atoms with Gasteiger partial charge in [-0.05, 0) is 12.8 Å². The summed E-state index contributed by atoms with van der Waals surface area (Å²) in [5.74, 6) is -4.45. The zero-order valence-corrected chi connectivity index (χ0v) is 9.59. The second kappa shape index (κ2) is 4.81. The Morgan fingerprint density at radius 2 is 2.00 bits per heavy atom. The van der Waals surface area contributed by atoms with Crippen LogP contribution < -0.4 is 0 Å². The molecule has 1 atom stereocenters. The van der Waals surface area contributed by atoms with Gasteiger partial charge in [0, 0.05) is 13.1 Å². The number of hydrogen-bond acceptors (Lipinski definition) is 3. The van der Waals surface area contributed by atoms with E-state index in [0.717, 1.165) is 0 Å². The monoisotopic (exact) mass is 275 g/mol. The third-order valence-electron chi connectivity index (χ3n) is 2.55. The van der Waals surface area contributed by atoms with Crippen LogP contribution in [0, 0.1) is 5.92 Å². The average Bonchev–Trinajstić information content (AvgIpc) is 2.14. The van der Waals surface area contributed by atoms with Gasteiger partial charge < -0.3 is 5.11 Å². The number of hydrogen-bond donors (Lipinski definition) is 1. The van der Waals surface area contributed by atoms with Gasteiger partial charge in [-0.3, -0.25) is 4.79 Å². The number of alkyl halides is 3. The van der Waals surface area contributed by atoms with Crippen LogP contribution in [0.15, 0.2) is 0 Å². The molecule has 0 aromatic heterocycles. The molecular weight excluding hydrogens is 263 g/mol. The fraction of sp³-hybridized carbons (Fsp3) is 0.875. The van der Waals surface area contributed by atoms with E-state index in [1.807, 2.05) is 0 Å². The van der Waals surface area contributed by atoms with Gasteiger partial charge in [-0.25, -0.2) is 12.7 Å². The largest absolute Gasteiger partial charge is 0.480 e. The van der Waals surface area contributed by atoms with Crippen LogP contribution in [0.25, 0.3) is 0 Å². The lowest BCUT2D eigenvalue weighted by Gasteiger charge is -2.32. The van der Waals surface area contributed by atoms with E-state index < -0.39 is 40.4 Å². The smallest absolute Gasteiger partial charge is 0.393 e. The van der Waals surface area contributed by atoms with E-state index in [-0.39, 0.29) is 19.4 Å². The maximum Gasteiger partial charge on any atom is 0.393 e. The highest BCUT2D eigenvalue weighted by molar-refractivity contribution is 7.89. The predicted molar refractivity (Wildman–Crippen MR) is 51.8 cm³/mol. The number of carboxylic acids is 1. The van der Waals surface area contributed by atoms with Crippen LogP contribution >= 0.6 is 0 Å². The van der Waals surface area contributed by atoms with Crippen LogP contribution in [0.5, 0.6) is 0 Å². The van der Waals surface area contributed by atoms with Gasteiger partial charge in [-0.1, -0.05) is 0 Å². The van der Waals surface area contributed by atoms with E-state index in [1.165, 1.54) is 0 Å². The number of halogens is 3. The van der Waals surface area contributed by atoms with Crippen molar-refractivity contribution in [1.82, 2.24) is 4.31 Å². The van der Waals surface area contributed by atoms with Crippen molar-refractivity contribution in [2.75, 3.05) is 18.8 Å². The Morgan fingerprint density at radius 1 is 1.41 bits per heavy atom. The molecule has 1 N–H and O–H groups in total. The van der Waals surface area contributed by atoms with E-state index in [2.05, 4.69) is 0 Å². The summed E-state index contributed by atoms with van der Waals surface area (Å²) in [6, 6.07) is 0. The lowest BCUT2D eigenvalue weighted by molar-refractivity contribution is -0.182. The van der Waals surface area contributed by atoms with Gasteiger partial charge in [-0.15, -0.1) is 0 Å². The van der Waals surface area contributed by atoms with Crippen molar-refractivity contribution in [2.24, 2.45) is 5.92 Å². The Bertz CT molecular complexity index is 392. The molecule has 100 valence electrons. The second-order valence-corrected chi connectivity index (χ2v) is 5.86.